The maximum absolute atomic E-state index is 13.8. The van der Waals surface area contributed by atoms with Gasteiger partial charge in [0, 0.05) is 31.5 Å². The van der Waals surface area contributed by atoms with Crippen molar-refractivity contribution in [3.63, 3.8) is 0 Å². The number of nitrogens with zero attached hydrogens (tertiary/aromatic N) is 4. The molecule has 1 N–H and O–H groups in total. The van der Waals surface area contributed by atoms with Crippen LogP contribution in [0.25, 0.3) is 0 Å². The molecule has 0 radical (unpaired) electrons. The number of methoxy groups -OCH3 is 1. The molecule has 0 aliphatic carbocycles. The van der Waals surface area contributed by atoms with Crippen molar-refractivity contribution < 1.29 is 13.9 Å². The molecule has 3 aromatic rings. The van der Waals surface area contributed by atoms with Gasteiger partial charge in [-0.05, 0) is 34.2 Å². The van der Waals surface area contributed by atoms with Crippen molar-refractivity contribution in [3.8, 4) is 11.5 Å². The van der Waals surface area contributed by atoms with Crippen molar-refractivity contribution in [1.82, 2.24) is 25.5 Å². The average molecular weight is 474 g/mol. The van der Waals surface area contributed by atoms with E-state index in [4.69, 9.17) is 21.1 Å². The highest BCUT2D eigenvalue weighted by molar-refractivity contribution is 7.99. The summed E-state index contributed by atoms with van der Waals surface area (Å²) in [6.45, 7) is 1.44. The smallest absolute Gasteiger partial charge is 0.209 e. The molecule has 2 aromatic carbocycles. The van der Waals surface area contributed by atoms with Crippen molar-refractivity contribution in [2.24, 2.45) is 7.05 Å². The van der Waals surface area contributed by atoms with Crippen LogP contribution in [-0.4, -0.2) is 39.6 Å². The van der Waals surface area contributed by atoms with E-state index in [9.17, 15) is 4.39 Å². The van der Waals surface area contributed by atoms with Crippen LogP contribution in [-0.2, 0) is 20.2 Å². The zero-order valence-electron chi connectivity index (χ0n) is 16.5. The summed E-state index contributed by atoms with van der Waals surface area (Å²) in [6.07, 6.45) is 0. The lowest BCUT2D eigenvalue weighted by Gasteiger charge is -2.15. The molecular weight excluding hydrogens is 452 g/mol. The fourth-order valence-electron chi connectivity index (χ4n) is 2.57. The fraction of sp³-hybridized carbons (Fsp3) is 0.316. The highest BCUT2D eigenvalue weighted by atomic mass is 35.5. The highest BCUT2D eigenvalue weighted by Crippen LogP contribution is 2.37. The lowest BCUT2D eigenvalue weighted by molar-refractivity contribution is 0.279. The number of halogens is 3. The van der Waals surface area contributed by atoms with Crippen LogP contribution in [0.1, 0.15) is 11.1 Å². The third kappa shape index (κ3) is 6.46. The van der Waals surface area contributed by atoms with Gasteiger partial charge in [-0.1, -0.05) is 41.6 Å². The molecular formula is C19H22Cl2FN5O2S. The second-order valence-corrected chi connectivity index (χ2v) is 7.57. The summed E-state index contributed by atoms with van der Waals surface area (Å²) in [4.78, 5) is 0. The number of benzene rings is 2. The van der Waals surface area contributed by atoms with Gasteiger partial charge in [-0.2, -0.15) is 0 Å². The van der Waals surface area contributed by atoms with Gasteiger partial charge in [0.15, 0.2) is 11.5 Å². The largest absolute Gasteiger partial charge is 0.493 e. The molecule has 0 aliphatic heterocycles. The van der Waals surface area contributed by atoms with E-state index in [2.05, 4.69) is 20.8 Å². The topological polar surface area (TPSA) is 74.1 Å². The van der Waals surface area contributed by atoms with Crippen molar-refractivity contribution in [3.05, 3.63) is 58.4 Å². The van der Waals surface area contributed by atoms with Gasteiger partial charge >= 0.3 is 0 Å². The number of hydrogen-bond donors (Lipinski definition) is 1. The van der Waals surface area contributed by atoms with E-state index in [1.165, 1.54) is 6.07 Å². The zero-order valence-corrected chi connectivity index (χ0v) is 18.9. The molecule has 0 unspecified atom stereocenters. The first-order chi connectivity index (χ1) is 14.1. The van der Waals surface area contributed by atoms with E-state index in [1.807, 2.05) is 12.1 Å². The van der Waals surface area contributed by atoms with Crippen molar-refractivity contribution in [2.45, 2.75) is 18.3 Å². The summed E-state index contributed by atoms with van der Waals surface area (Å²) in [7, 11) is 3.35. The van der Waals surface area contributed by atoms with Crippen molar-refractivity contribution in [1.29, 1.82) is 0 Å². The Morgan fingerprint density at radius 3 is 2.77 bits per heavy atom. The number of ether oxygens (including phenoxy) is 2. The summed E-state index contributed by atoms with van der Waals surface area (Å²) in [5.41, 5.74) is 1.40. The van der Waals surface area contributed by atoms with E-state index < -0.39 is 0 Å². The number of tetrazole rings is 1. The molecule has 0 fully saturated rings. The molecule has 0 atom stereocenters. The molecule has 3 rings (SSSR count). The molecule has 0 spiro atoms. The van der Waals surface area contributed by atoms with Gasteiger partial charge in [0.25, 0.3) is 0 Å². The first-order valence-corrected chi connectivity index (χ1v) is 10.2. The number of rotatable bonds is 10. The lowest BCUT2D eigenvalue weighted by atomic mass is 10.2. The Bertz CT molecular complexity index is 960. The minimum atomic E-state index is -0.321. The van der Waals surface area contributed by atoms with Crippen LogP contribution in [0.2, 0.25) is 5.02 Å². The van der Waals surface area contributed by atoms with Gasteiger partial charge in [0.2, 0.25) is 5.16 Å². The predicted octanol–water partition coefficient (Wildman–Crippen LogP) is 3.89. The average Bonchev–Trinajstić information content (AvgIpc) is 3.12. The maximum atomic E-state index is 13.8. The summed E-state index contributed by atoms with van der Waals surface area (Å²) >= 11 is 7.96. The molecule has 0 amide bonds. The van der Waals surface area contributed by atoms with Gasteiger partial charge in [-0.3, -0.25) is 0 Å². The zero-order chi connectivity index (χ0) is 20.6. The van der Waals surface area contributed by atoms with Crippen LogP contribution >= 0.6 is 35.8 Å². The SMILES string of the molecule is COc1cc(CNCCSc2nnnn2C)cc(Cl)c1OCc1ccccc1F.Cl. The summed E-state index contributed by atoms with van der Waals surface area (Å²) in [5, 5.41) is 15.9. The Balaban J connectivity index is 0.00000320. The van der Waals surface area contributed by atoms with Gasteiger partial charge in [-0.15, -0.1) is 17.5 Å². The number of aromatic nitrogens is 4. The van der Waals surface area contributed by atoms with Gasteiger partial charge < -0.3 is 14.8 Å². The van der Waals surface area contributed by atoms with Crippen LogP contribution in [0.15, 0.2) is 41.6 Å². The van der Waals surface area contributed by atoms with E-state index in [1.54, 1.807) is 48.8 Å². The molecule has 1 heterocycles. The Labute approximate surface area is 189 Å². The molecule has 0 aliphatic rings. The summed E-state index contributed by atoms with van der Waals surface area (Å²) < 4.78 is 26.6. The second-order valence-electron chi connectivity index (χ2n) is 6.10. The van der Waals surface area contributed by atoms with E-state index in [-0.39, 0.29) is 24.8 Å². The third-order valence-electron chi connectivity index (χ3n) is 4.04. The van der Waals surface area contributed by atoms with Crippen LogP contribution in [0, 0.1) is 5.82 Å². The Kier molecular flexibility index (Phi) is 9.64. The van der Waals surface area contributed by atoms with Crippen LogP contribution < -0.4 is 14.8 Å². The fourth-order valence-corrected chi connectivity index (χ4v) is 3.61. The molecule has 1 aromatic heterocycles. The normalized spacial score (nSPS) is 10.5. The number of aryl methyl sites for hydroxylation is 1. The Hall–Kier alpha value is -2.07. The van der Waals surface area contributed by atoms with Crippen LogP contribution in [0.4, 0.5) is 4.39 Å². The van der Waals surface area contributed by atoms with Gasteiger partial charge in [-0.25, -0.2) is 9.07 Å². The number of hydrogen-bond acceptors (Lipinski definition) is 7. The Morgan fingerprint density at radius 2 is 2.07 bits per heavy atom. The molecule has 0 saturated carbocycles. The molecule has 0 saturated heterocycles. The molecule has 7 nitrogen and oxygen atoms in total. The minimum absolute atomic E-state index is 0. The van der Waals surface area contributed by atoms with E-state index >= 15 is 0 Å². The van der Waals surface area contributed by atoms with Gasteiger partial charge in [0.05, 0.1) is 12.1 Å². The molecule has 162 valence electrons. The quantitative estimate of drug-likeness (QED) is 0.353. The monoisotopic (exact) mass is 473 g/mol. The van der Waals surface area contributed by atoms with Crippen molar-refractivity contribution >= 4 is 35.8 Å². The maximum Gasteiger partial charge on any atom is 0.209 e. The minimum Gasteiger partial charge on any atom is -0.493 e. The summed E-state index contributed by atoms with van der Waals surface area (Å²) in [5.74, 6) is 1.40. The lowest BCUT2D eigenvalue weighted by Crippen LogP contribution is -2.17. The third-order valence-corrected chi connectivity index (χ3v) is 5.33. The molecule has 30 heavy (non-hydrogen) atoms. The standard InChI is InChI=1S/C19H21ClFN5O2S.ClH/c1-26-19(23-24-25-26)29-8-7-22-11-13-9-15(20)18(17(10-13)27-2)28-12-14-5-3-4-6-16(14)21;/h3-6,9-10,22H,7-8,11-12H2,1-2H3;1H. The number of nitrogens with one attached hydrogen (secondary N) is 1. The van der Waals surface area contributed by atoms with E-state index in [0.29, 0.717) is 28.6 Å². The molecule has 0 bridgehead atoms. The van der Waals surface area contributed by atoms with Gasteiger partial charge in [0.1, 0.15) is 12.4 Å². The summed E-state index contributed by atoms with van der Waals surface area (Å²) in [6, 6.07) is 10.1. The highest BCUT2D eigenvalue weighted by Gasteiger charge is 2.13. The second kappa shape index (κ2) is 11.9. The first-order valence-electron chi connectivity index (χ1n) is 8.87. The number of thioether (sulfide) groups is 1. The van der Waals surface area contributed by atoms with E-state index in [0.717, 1.165) is 23.0 Å². The predicted molar refractivity (Wildman–Crippen MR) is 117 cm³/mol. The first kappa shape index (κ1) is 24.2. The van der Waals surface area contributed by atoms with Crippen LogP contribution in [0.3, 0.4) is 0 Å². The van der Waals surface area contributed by atoms with Crippen molar-refractivity contribution in [2.75, 3.05) is 19.4 Å². The molecule has 11 heteroatoms. The Morgan fingerprint density at radius 1 is 1.27 bits per heavy atom. The van der Waals surface area contributed by atoms with Crippen LogP contribution in [0.5, 0.6) is 11.5 Å².